The van der Waals surface area contributed by atoms with Crippen LogP contribution in [0, 0.1) is 11.7 Å². The molecule has 0 N–H and O–H groups in total. The zero-order valence-corrected chi connectivity index (χ0v) is 13.8. The van der Waals surface area contributed by atoms with Crippen LogP contribution >= 0.6 is 15.9 Å². The lowest BCUT2D eigenvalue weighted by molar-refractivity contribution is 0.383. The maximum absolute atomic E-state index is 13.5. The zero-order valence-electron chi connectivity index (χ0n) is 11.4. The van der Waals surface area contributed by atoms with Crippen LogP contribution in [-0.2, 0) is 15.8 Å². The number of sulfonamides is 1. The van der Waals surface area contributed by atoms with Crippen LogP contribution in [0.4, 0.5) is 4.39 Å². The normalized spacial score (nSPS) is 20.8. The van der Waals surface area contributed by atoms with E-state index in [9.17, 15) is 12.8 Å². The first-order chi connectivity index (χ1) is 9.29. The molecule has 2 rings (SSSR count). The molecule has 1 unspecified atom stereocenters. The fourth-order valence-corrected chi connectivity index (χ4v) is 4.68. The summed E-state index contributed by atoms with van der Waals surface area (Å²) in [6.07, 6.45) is 2.09. The Balaban J connectivity index is 2.24. The van der Waals surface area contributed by atoms with Gasteiger partial charge in [-0.15, -0.1) is 0 Å². The van der Waals surface area contributed by atoms with E-state index in [1.807, 2.05) is 13.8 Å². The summed E-state index contributed by atoms with van der Waals surface area (Å²) in [4.78, 5) is 0. The Morgan fingerprint density at radius 1 is 1.45 bits per heavy atom. The van der Waals surface area contributed by atoms with Crippen molar-refractivity contribution in [3.05, 3.63) is 45.7 Å². The van der Waals surface area contributed by atoms with Gasteiger partial charge in [-0.05, 0) is 40.4 Å². The van der Waals surface area contributed by atoms with Crippen molar-refractivity contribution in [2.45, 2.75) is 19.6 Å². The monoisotopic (exact) mass is 361 g/mol. The Morgan fingerprint density at radius 3 is 2.80 bits per heavy atom. The summed E-state index contributed by atoms with van der Waals surface area (Å²) < 4.78 is 40.1. The first kappa shape index (κ1) is 15.7. The van der Waals surface area contributed by atoms with Gasteiger partial charge in [0.25, 0.3) is 0 Å². The van der Waals surface area contributed by atoms with Gasteiger partial charge in [0.2, 0.25) is 10.0 Å². The van der Waals surface area contributed by atoms with Crippen LogP contribution < -0.4 is 0 Å². The summed E-state index contributed by atoms with van der Waals surface area (Å²) >= 11 is 3.11. The third kappa shape index (κ3) is 3.48. The van der Waals surface area contributed by atoms with E-state index in [4.69, 9.17) is 0 Å². The van der Waals surface area contributed by atoms with Crippen molar-refractivity contribution in [1.29, 1.82) is 0 Å². The molecule has 6 heteroatoms. The molecule has 110 valence electrons. The van der Waals surface area contributed by atoms with E-state index in [0.29, 0.717) is 18.7 Å². The van der Waals surface area contributed by atoms with E-state index in [2.05, 4.69) is 22.0 Å². The molecule has 0 bridgehead atoms. The second kappa shape index (κ2) is 5.95. The Bertz CT molecular complexity index is 643. The summed E-state index contributed by atoms with van der Waals surface area (Å²) in [5.41, 5.74) is 1.50. The Labute approximate surface area is 127 Å². The van der Waals surface area contributed by atoms with E-state index in [1.165, 1.54) is 16.4 Å². The molecule has 1 aromatic carbocycles. The van der Waals surface area contributed by atoms with Crippen LogP contribution in [0.25, 0.3) is 0 Å². The fraction of sp³-hybridized carbons (Fsp3) is 0.429. The first-order valence-corrected chi connectivity index (χ1v) is 8.78. The second-order valence-corrected chi connectivity index (χ2v) is 8.01. The molecule has 1 aliphatic heterocycles. The summed E-state index contributed by atoms with van der Waals surface area (Å²) in [5.74, 6) is -0.430. The smallest absolute Gasteiger partial charge is 0.212 e. The molecule has 20 heavy (non-hydrogen) atoms. The van der Waals surface area contributed by atoms with Gasteiger partial charge in [0, 0.05) is 13.1 Å². The van der Waals surface area contributed by atoms with Crippen LogP contribution in [0.3, 0.4) is 0 Å². The van der Waals surface area contributed by atoms with E-state index >= 15 is 0 Å². The summed E-state index contributed by atoms with van der Waals surface area (Å²) in [6, 6.07) is 4.45. The molecule has 1 heterocycles. The molecule has 1 atom stereocenters. The minimum absolute atomic E-state index is 0.189. The topological polar surface area (TPSA) is 37.4 Å². The minimum Gasteiger partial charge on any atom is -0.212 e. The molecular weight excluding hydrogens is 345 g/mol. The second-order valence-electron chi connectivity index (χ2n) is 5.25. The van der Waals surface area contributed by atoms with Gasteiger partial charge in [0.05, 0.1) is 10.2 Å². The standard InChI is InChI=1S/C14H17BrFNO2S/c1-10-6-11(2)8-17(7-10)20(18,19)9-12-4-3-5-13(16)14(12)15/h3-6,10H,7-9H2,1-2H3. The number of rotatable bonds is 3. The number of hydrogen-bond donors (Lipinski definition) is 0. The van der Waals surface area contributed by atoms with Crippen LogP contribution in [0.1, 0.15) is 19.4 Å². The van der Waals surface area contributed by atoms with Crippen LogP contribution in [0.2, 0.25) is 0 Å². The van der Waals surface area contributed by atoms with Crippen molar-refractivity contribution in [2.75, 3.05) is 13.1 Å². The van der Waals surface area contributed by atoms with E-state index in [-0.39, 0.29) is 16.1 Å². The summed E-state index contributed by atoms with van der Waals surface area (Å²) in [7, 11) is -3.45. The molecule has 1 aromatic rings. The third-order valence-corrected chi connectivity index (χ3v) is 5.88. The van der Waals surface area contributed by atoms with Crippen molar-refractivity contribution < 1.29 is 12.8 Å². The van der Waals surface area contributed by atoms with E-state index in [0.717, 1.165) is 5.57 Å². The number of benzene rings is 1. The van der Waals surface area contributed by atoms with Gasteiger partial charge in [-0.25, -0.2) is 12.8 Å². The summed E-state index contributed by atoms with van der Waals surface area (Å²) in [5, 5.41) is 0. The lowest BCUT2D eigenvalue weighted by Crippen LogP contribution is -2.39. The number of nitrogens with zero attached hydrogens (tertiary/aromatic N) is 1. The quantitative estimate of drug-likeness (QED) is 0.774. The van der Waals surface area contributed by atoms with Crippen molar-refractivity contribution in [2.24, 2.45) is 5.92 Å². The Hall–Kier alpha value is -0.720. The van der Waals surface area contributed by atoms with E-state index < -0.39 is 15.8 Å². The van der Waals surface area contributed by atoms with Gasteiger partial charge >= 0.3 is 0 Å². The van der Waals surface area contributed by atoms with Crippen molar-refractivity contribution in [3.63, 3.8) is 0 Å². The molecule has 1 aliphatic rings. The zero-order chi connectivity index (χ0) is 14.9. The van der Waals surface area contributed by atoms with Crippen LogP contribution in [0.15, 0.2) is 34.3 Å². The van der Waals surface area contributed by atoms with Crippen LogP contribution in [0.5, 0.6) is 0 Å². The van der Waals surface area contributed by atoms with Gasteiger partial charge in [0.1, 0.15) is 5.82 Å². The van der Waals surface area contributed by atoms with Gasteiger partial charge in [-0.1, -0.05) is 30.7 Å². The largest absolute Gasteiger partial charge is 0.218 e. The van der Waals surface area contributed by atoms with Gasteiger partial charge in [-0.2, -0.15) is 4.31 Å². The predicted molar refractivity (Wildman–Crippen MR) is 81.2 cm³/mol. The predicted octanol–water partition coefficient (Wildman–Crippen LogP) is 3.32. The lowest BCUT2D eigenvalue weighted by Gasteiger charge is -2.29. The van der Waals surface area contributed by atoms with Crippen molar-refractivity contribution >= 4 is 26.0 Å². The average molecular weight is 362 g/mol. The van der Waals surface area contributed by atoms with Crippen LogP contribution in [-0.4, -0.2) is 25.8 Å². The molecular formula is C14H17BrFNO2S. The molecule has 0 radical (unpaired) electrons. The fourth-order valence-electron chi connectivity index (χ4n) is 2.41. The molecule has 3 nitrogen and oxygen atoms in total. The molecule has 0 saturated carbocycles. The SMILES string of the molecule is CC1=CC(C)CN(S(=O)(=O)Cc2cccc(F)c2Br)C1. The van der Waals surface area contributed by atoms with E-state index in [1.54, 1.807) is 6.07 Å². The highest BCUT2D eigenvalue weighted by Gasteiger charge is 2.27. The molecule has 0 aromatic heterocycles. The minimum atomic E-state index is -3.45. The Kier molecular flexibility index (Phi) is 4.66. The number of halogens is 2. The highest BCUT2D eigenvalue weighted by atomic mass is 79.9. The van der Waals surface area contributed by atoms with Gasteiger partial charge in [0.15, 0.2) is 0 Å². The maximum Gasteiger partial charge on any atom is 0.218 e. The van der Waals surface area contributed by atoms with Crippen molar-refractivity contribution in [3.8, 4) is 0 Å². The third-order valence-electron chi connectivity index (χ3n) is 3.25. The summed E-state index contributed by atoms with van der Waals surface area (Å²) in [6.45, 7) is 4.81. The Morgan fingerprint density at radius 2 is 2.15 bits per heavy atom. The maximum atomic E-state index is 13.5. The molecule has 0 fully saturated rings. The number of hydrogen-bond acceptors (Lipinski definition) is 2. The molecule has 0 amide bonds. The van der Waals surface area contributed by atoms with Gasteiger partial charge < -0.3 is 0 Å². The molecule has 0 aliphatic carbocycles. The first-order valence-electron chi connectivity index (χ1n) is 6.37. The highest BCUT2D eigenvalue weighted by Crippen LogP contribution is 2.25. The lowest BCUT2D eigenvalue weighted by atomic mass is 10.1. The van der Waals surface area contributed by atoms with Crippen molar-refractivity contribution in [1.82, 2.24) is 4.31 Å². The average Bonchev–Trinajstić information content (AvgIpc) is 2.33. The molecule has 0 saturated heterocycles. The van der Waals surface area contributed by atoms with Gasteiger partial charge in [-0.3, -0.25) is 0 Å². The molecule has 0 spiro atoms. The highest BCUT2D eigenvalue weighted by molar-refractivity contribution is 9.10.